The van der Waals surface area contributed by atoms with Crippen molar-refractivity contribution in [2.24, 2.45) is 0 Å². The molecule has 0 saturated carbocycles. The van der Waals surface area contributed by atoms with Crippen molar-refractivity contribution in [2.45, 2.75) is 31.7 Å². The summed E-state index contributed by atoms with van der Waals surface area (Å²) in [6.07, 6.45) is 4.04. The van der Waals surface area contributed by atoms with Crippen molar-refractivity contribution in [1.82, 2.24) is 4.90 Å². The second-order valence-corrected chi connectivity index (χ2v) is 3.94. The van der Waals surface area contributed by atoms with Gasteiger partial charge in [0.15, 0.2) is 0 Å². The van der Waals surface area contributed by atoms with Crippen LogP contribution in [0.15, 0.2) is 0 Å². The third kappa shape index (κ3) is 2.95. The predicted molar refractivity (Wildman–Crippen MR) is 54.8 cm³/mol. The van der Waals surface area contributed by atoms with Crippen molar-refractivity contribution in [3.63, 3.8) is 0 Å². The number of aliphatic hydroxyl groups excluding tert-OH is 1. The molecule has 0 bridgehead atoms. The van der Waals surface area contributed by atoms with Gasteiger partial charge >= 0.3 is 0 Å². The molecule has 1 heterocycles. The highest BCUT2D eigenvalue weighted by molar-refractivity contribution is 9.09. The van der Waals surface area contributed by atoms with Crippen LogP contribution in [0, 0.1) is 0 Å². The summed E-state index contributed by atoms with van der Waals surface area (Å²) < 4.78 is 0. The van der Waals surface area contributed by atoms with Gasteiger partial charge in [0.1, 0.15) is 0 Å². The average molecular weight is 250 g/mol. The molecule has 1 aliphatic rings. The molecule has 0 aromatic heterocycles. The molecule has 1 aliphatic heterocycles. The van der Waals surface area contributed by atoms with Crippen LogP contribution in [0.2, 0.25) is 0 Å². The molecule has 4 heteroatoms. The summed E-state index contributed by atoms with van der Waals surface area (Å²) in [7, 11) is 0. The highest BCUT2D eigenvalue weighted by atomic mass is 79.9. The van der Waals surface area contributed by atoms with Crippen molar-refractivity contribution in [3.05, 3.63) is 0 Å². The molecule has 1 rings (SSSR count). The second-order valence-electron chi connectivity index (χ2n) is 3.38. The molecule has 1 saturated heterocycles. The maximum absolute atomic E-state index is 11.4. The van der Waals surface area contributed by atoms with E-state index in [4.69, 9.17) is 5.11 Å². The van der Waals surface area contributed by atoms with E-state index in [2.05, 4.69) is 15.9 Å². The Morgan fingerprint density at radius 1 is 1.54 bits per heavy atom. The van der Waals surface area contributed by atoms with Gasteiger partial charge in [-0.2, -0.15) is 0 Å². The van der Waals surface area contributed by atoms with Crippen LogP contribution in [-0.4, -0.2) is 40.4 Å². The van der Waals surface area contributed by atoms with Crippen molar-refractivity contribution in [2.75, 3.05) is 18.5 Å². The third-order valence-electron chi connectivity index (χ3n) is 2.52. The number of nitrogens with zero attached hydrogens (tertiary/aromatic N) is 1. The zero-order chi connectivity index (χ0) is 9.68. The van der Waals surface area contributed by atoms with Crippen molar-refractivity contribution in [3.8, 4) is 0 Å². The van der Waals surface area contributed by atoms with Gasteiger partial charge in [0.2, 0.25) is 5.91 Å². The van der Waals surface area contributed by atoms with E-state index in [1.54, 1.807) is 0 Å². The zero-order valence-corrected chi connectivity index (χ0v) is 9.29. The first-order chi connectivity index (χ1) is 6.29. The number of rotatable bonds is 3. The van der Waals surface area contributed by atoms with E-state index in [9.17, 15) is 4.79 Å². The van der Waals surface area contributed by atoms with E-state index >= 15 is 0 Å². The minimum Gasteiger partial charge on any atom is -0.396 e. The topological polar surface area (TPSA) is 40.5 Å². The highest BCUT2D eigenvalue weighted by Gasteiger charge is 2.24. The fraction of sp³-hybridized carbons (Fsp3) is 0.889. The number of carbonyl (C=O) groups is 1. The number of hydrogen-bond donors (Lipinski definition) is 1. The molecule has 3 nitrogen and oxygen atoms in total. The maximum Gasteiger partial charge on any atom is 0.233 e. The van der Waals surface area contributed by atoms with E-state index in [1.807, 2.05) is 4.90 Å². The molecule has 1 unspecified atom stereocenters. The number of alkyl halides is 1. The predicted octanol–water partition coefficient (Wildman–Crippen LogP) is 1.14. The van der Waals surface area contributed by atoms with E-state index in [0.29, 0.717) is 5.33 Å². The normalized spacial score (nSPS) is 23.2. The molecule has 0 aromatic rings. The quantitative estimate of drug-likeness (QED) is 0.763. The Morgan fingerprint density at radius 2 is 2.31 bits per heavy atom. The summed E-state index contributed by atoms with van der Waals surface area (Å²) in [5.41, 5.74) is 0. The van der Waals surface area contributed by atoms with Crippen LogP contribution >= 0.6 is 15.9 Å². The van der Waals surface area contributed by atoms with Gasteiger partial charge in [-0.1, -0.05) is 15.9 Å². The summed E-state index contributed by atoms with van der Waals surface area (Å²) in [6.45, 7) is 1.03. The molecule has 13 heavy (non-hydrogen) atoms. The van der Waals surface area contributed by atoms with Crippen LogP contribution in [0.4, 0.5) is 0 Å². The van der Waals surface area contributed by atoms with Crippen LogP contribution in [0.5, 0.6) is 0 Å². The smallest absolute Gasteiger partial charge is 0.233 e. The van der Waals surface area contributed by atoms with Gasteiger partial charge in [-0.25, -0.2) is 0 Å². The molecule has 1 amide bonds. The van der Waals surface area contributed by atoms with Crippen molar-refractivity contribution in [1.29, 1.82) is 0 Å². The minimum absolute atomic E-state index is 0.151. The van der Waals surface area contributed by atoms with Gasteiger partial charge in [-0.3, -0.25) is 4.79 Å². The van der Waals surface area contributed by atoms with Crippen LogP contribution in [0.3, 0.4) is 0 Å². The molecular weight excluding hydrogens is 234 g/mol. The Balaban J connectivity index is 2.50. The summed E-state index contributed by atoms with van der Waals surface area (Å²) in [4.78, 5) is 13.3. The van der Waals surface area contributed by atoms with Gasteiger partial charge in [0, 0.05) is 19.2 Å². The summed E-state index contributed by atoms with van der Waals surface area (Å²) in [5.74, 6) is 0.151. The lowest BCUT2D eigenvalue weighted by atomic mass is 10.00. The first-order valence-electron chi connectivity index (χ1n) is 4.76. The summed E-state index contributed by atoms with van der Waals surface area (Å²) in [5, 5.41) is 9.24. The number of aliphatic hydroxyl groups is 1. The largest absolute Gasteiger partial charge is 0.396 e. The lowest BCUT2D eigenvalue weighted by Gasteiger charge is -2.35. The number of hydrogen-bond acceptors (Lipinski definition) is 2. The Bertz CT molecular complexity index is 173. The SMILES string of the molecule is O=C(CBr)N1CCCCC1CCO. The fourth-order valence-corrected chi connectivity index (χ4v) is 2.18. The first-order valence-corrected chi connectivity index (χ1v) is 5.88. The van der Waals surface area contributed by atoms with E-state index in [-0.39, 0.29) is 18.6 Å². The number of carbonyl (C=O) groups excluding carboxylic acids is 1. The second kappa shape index (κ2) is 5.60. The molecule has 1 fully saturated rings. The van der Waals surface area contributed by atoms with Crippen LogP contribution in [-0.2, 0) is 4.79 Å². The minimum atomic E-state index is 0.151. The Hall–Kier alpha value is -0.0900. The molecule has 0 radical (unpaired) electrons. The maximum atomic E-state index is 11.4. The average Bonchev–Trinajstić information content (AvgIpc) is 2.18. The third-order valence-corrected chi connectivity index (χ3v) is 3.00. The van der Waals surface area contributed by atoms with Gasteiger partial charge in [-0.15, -0.1) is 0 Å². The summed E-state index contributed by atoms with van der Waals surface area (Å²) >= 11 is 3.18. The molecule has 0 aliphatic carbocycles. The molecular formula is C9H16BrNO2. The number of halogens is 1. The van der Waals surface area contributed by atoms with Crippen LogP contribution < -0.4 is 0 Å². The monoisotopic (exact) mass is 249 g/mol. The van der Waals surface area contributed by atoms with Crippen LogP contribution in [0.25, 0.3) is 0 Å². The van der Waals surface area contributed by atoms with Crippen molar-refractivity contribution >= 4 is 21.8 Å². The fourth-order valence-electron chi connectivity index (χ4n) is 1.85. The van der Waals surface area contributed by atoms with Gasteiger partial charge < -0.3 is 10.0 Å². The molecule has 1 N–H and O–H groups in total. The Morgan fingerprint density at radius 3 is 2.92 bits per heavy atom. The lowest BCUT2D eigenvalue weighted by molar-refractivity contribution is -0.132. The van der Waals surface area contributed by atoms with E-state index in [0.717, 1.165) is 25.8 Å². The van der Waals surface area contributed by atoms with Gasteiger partial charge in [0.05, 0.1) is 5.33 Å². The number of piperidine rings is 1. The molecule has 0 spiro atoms. The lowest BCUT2D eigenvalue weighted by Crippen LogP contribution is -2.44. The zero-order valence-electron chi connectivity index (χ0n) is 7.71. The molecule has 76 valence electrons. The Kier molecular flexibility index (Phi) is 4.73. The summed E-state index contributed by atoms with van der Waals surface area (Å²) in [6, 6.07) is 0.267. The van der Waals surface area contributed by atoms with Crippen molar-refractivity contribution < 1.29 is 9.90 Å². The number of likely N-dealkylation sites (tertiary alicyclic amines) is 1. The molecule has 0 aromatic carbocycles. The standard InChI is InChI=1S/C9H16BrNO2/c10-7-9(13)11-5-2-1-3-8(11)4-6-12/h8,12H,1-7H2. The Labute approximate surface area is 87.2 Å². The first kappa shape index (κ1) is 11.0. The molecule has 1 atom stereocenters. The van der Waals surface area contributed by atoms with Gasteiger partial charge in [0.25, 0.3) is 0 Å². The van der Waals surface area contributed by atoms with E-state index in [1.165, 1.54) is 6.42 Å². The van der Waals surface area contributed by atoms with E-state index < -0.39 is 0 Å². The highest BCUT2D eigenvalue weighted by Crippen LogP contribution is 2.19. The van der Waals surface area contributed by atoms with Gasteiger partial charge in [-0.05, 0) is 25.7 Å². The van der Waals surface area contributed by atoms with Crippen LogP contribution in [0.1, 0.15) is 25.7 Å². The number of amides is 1.